The van der Waals surface area contributed by atoms with Crippen molar-refractivity contribution in [3.05, 3.63) is 44.7 Å². The van der Waals surface area contributed by atoms with E-state index in [2.05, 4.69) is 5.32 Å². The standard InChI is InChI=1S/C21H26N4O3S2/c1-5-24-20(27)16(30-21(24)29)12-15-17(22-9-7-11-28-13(2)3)23-18-14(4)8-6-10-25(18)19(15)26/h6,8,10,12-13,22H,5,7,9,11H2,1-4H3. The zero-order valence-corrected chi connectivity index (χ0v) is 19.2. The smallest absolute Gasteiger partial charge is 0.267 e. The molecule has 1 amide bonds. The second kappa shape index (κ2) is 9.72. The molecule has 0 saturated carbocycles. The lowest BCUT2D eigenvalue weighted by molar-refractivity contribution is -0.121. The average Bonchev–Trinajstić information content (AvgIpc) is 2.97. The molecule has 2 aromatic heterocycles. The van der Waals surface area contributed by atoms with Crippen LogP contribution in [-0.4, -0.2) is 50.3 Å². The molecular formula is C21H26N4O3S2. The van der Waals surface area contributed by atoms with E-state index in [0.717, 1.165) is 12.0 Å². The monoisotopic (exact) mass is 446 g/mol. The molecule has 160 valence electrons. The van der Waals surface area contributed by atoms with Gasteiger partial charge in [0.25, 0.3) is 11.5 Å². The van der Waals surface area contributed by atoms with Crippen LogP contribution in [0.15, 0.2) is 28.0 Å². The van der Waals surface area contributed by atoms with Crippen molar-refractivity contribution in [3.63, 3.8) is 0 Å². The van der Waals surface area contributed by atoms with E-state index in [1.807, 2.05) is 39.8 Å². The van der Waals surface area contributed by atoms with Gasteiger partial charge in [0.15, 0.2) is 0 Å². The molecule has 0 bridgehead atoms. The summed E-state index contributed by atoms with van der Waals surface area (Å²) in [5.74, 6) is 0.276. The molecule has 0 aromatic carbocycles. The molecule has 1 aliphatic rings. The number of fused-ring (bicyclic) bond motifs is 1. The molecule has 1 fully saturated rings. The van der Waals surface area contributed by atoms with Gasteiger partial charge in [-0.3, -0.25) is 18.9 Å². The van der Waals surface area contributed by atoms with Crippen LogP contribution in [-0.2, 0) is 9.53 Å². The third-order valence-corrected chi connectivity index (χ3v) is 5.99. The van der Waals surface area contributed by atoms with Gasteiger partial charge in [-0.15, -0.1) is 0 Å². The Kier molecular flexibility index (Phi) is 7.27. The van der Waals surface area contributed by atoms with Gasteiger partial charge in [0.05, 0.1) is 16.6 Å². The van der Waals surface area contributed by atoms with Crippen molar-refractivity contribution in [2.24, 2.45) is 0 Å². The number of thiocarbonyl (C=S) groups is 1. The Morgan fingerprint density at radius 2 is 2.13 bits per heavy atom. The van der Waals surface area contributed by atoms with Gasteiger partial charge in [-0.05, 0) is 51.8 Å². The summed E-state index contributed by atoms with van der Waals surface area (Å²) in [4.78, 5) is 32.5. The number of amides is 1. The van der Waals surface area contributed by atoms with Crippen LogP contribution >= 0.6 is 24.0 Å². The minimum atomic E-state index is -0.230. The number of rotatable bonds is 8. The van der Waals surface area contributed by atoms with E-state index < -0.39 is 0 Å². The van der Waals surface area contributed by atoms with Crippen molar-refractivity contribution >= 4 is 51.7 Å². The molecule has 30 heavy (non-hydrogen) atoms. The van der Waals surface area contributed by atoms with Crippen LogP contribution in [0.4, 0.5) is 5.82 Å². The molecular weight excluding hydrogens is 420 g/mol. The Morgan fingerprint density at radius 1 is 1.37 bits per heavy atom. The van der Waals surface area contributed by atoms with Crippen LogP contribution in [0.5, 0.6) is 0 Å². The van der Waals surface area contributed by atoms with Crippen molar-refractivity contribution in [1.29, 1.82) is 0 Å². The van der Waals surface area contributed by atoms with Crippen molar-refractivity contribution in [3.8, 4) is 0 Å². The van der Waals surface area contributed by atoms with Crippen LogP contribution < -0.4 is 10.9 Å². The molecule has 0 atom stereocenters. The van der Waals surface area contributed by atoms with Gasteiger partial charge in [0.2, 0.25) is 0 Å². The van der Waals surface area contributed by atoms with E-state index in [-0.39, 0.29) is 17.6 Å². The highest BCUT2D eigenvalue weighted by Crippen LogP contribution is 2.32. The number of nitrogens with one attached hydrogen (secondary N) is 1. The summed E-state index contributed by atoms with van der Waals surface area (Å²) < 4.78 is 7.58. The van der Waals surface area contributed by atoms with Crippen LogP contribution in [0.2, 0.25) is 0 Å². The normalized spacial score (nSPS) is 15.8. The largest absolute Gasteiger partial charge is 0.379 e. The first-order valence-corrected chi connectivity index (χ1v) is 11.2. The number of carbonyl (C=O) groups is 1. The third-order valence-electron chi connectivity index (χ3n) is 4.61. The van der Waals surface area contributed by atoms with Gasteiger partial charge in [-0.25, -0.2) is 4.98 Å². The number of aromatic nitrogens is 2. The molecule has 0 spiro atoms. The number of anilines is 1. The van der Waals surface area contributed by atoms with Crippen LogP contribution in [0, 0.1) is 6.92 Å². The summed E-state index contributed by atoms with van der Waals surface area (Å²) in [6.07, 6.45) is 4.23. The average molecular weight is 447 g/mol. The number of likely N-dealkylation sites (N-methyl/N-ethyl adjacent to an activating group) is 1. The van der Waals surface area contributed by atoms with Gasteiger partial charge in [-0.1, -0.05) is 30.0 Å². The Bertz CT molecular complexity index is 1060. The van der Waals surface area contributed by atoms with Crippen LogP contribution in [0.25, 0.3) is 11.7 Å². The number of ether oxygens (including phenoxy) is 1. The van der Waals surface area contributed by atoms with Crippen molar-refractivity contribution in [2.45, 2.75) is 40.2 Å². The van der Waals surface area contributed by atoms with Crippen molar-refractivity contribution < 1.29 is 9.53 Å². The molecule has 9 heteroatoms. The Labute approximate surface area is 185 Å². The topological polar surface area (TPSA) is 75.9 Å². The first-order chi connectivity index (χ1) is 14.3. The summed E-state index contributed by atoms with van der Waals surface area (Å²) >= 11 is 6.50. The van der Waals surface area contributed by atoms with Gasteiger partial charge in [0, 0.05) is 25.9 Å². The number of aryl methyl sites for hydroxylation is 1. The first kappa shape index (κ1) is 22.5. The fourth-order valence-corrected chi connectivity index (χ4v) is 4.44. The molecule has 7 nitrogen and oxygen atoms in total. The summed E-state index contributed by atoms with van der Waals surface area (Å²) in [6.45, 7) is 9.47. The zero-order valence-electron chi connectivity index (χ0n) is 17.6. The van der Waals surface area contributed by atoms with E-state index in [9.17, 15) is 9.59 Å². The minimum absolute atomic E-state index is 0.173. The molecule has 1 saturated heterocycles. The van der Waals surface area contributed by atoms with E-state index in [0.29, 0.717) is 46.0 Å². The second-order valence-corrected chi connectivity index (χ2v) is 8.87. The number of pyridine rings is 1. The molecule has 0 aliphatic carbocycles. The first-order valence-electron chi connectivity index (χ1n) is 9.96. The van der Waals surface area contributed by atoms with E-state index in [1.54, 1.807) is 12.3 Å². The Hall–Kier alpha value is -2.23. The SMILES string of the molecule is CCN1C(=O)C(=Cc2c(NCCCOC(C)C)nc3c(C)cccn3c2=O)SC1=S. The summed E-state index contributed by atoms with van der Waals surface area (Å²) in [6, 6.07) is 3.72. The number of carbonyl (C=O) groups excluding carboxylic acids is 1. The quantitative estimate of drug-likeness (QED) is 0.378. The minimum Gasteiger partial charge on any atom is -0.379 e. The summed E-state index contributed by atoms with van der Waals surface area (Å²) in [5, 5.41) is 3.26. The summed E-state index contributed by atoms with van der Waals surface area (Å²) in [5.41, 5.74) is 1.59. The maximum atomic E-state index is 13.3. The number of hydrogen-bond donors (Lipinski definition) is 1. The van der Waals surface area contributed by atoms with Crippen molar-refractivity contribution in [2.75, 3.05) is 25.0 Å². The maximum Gasteiger partial charge on any atom is 0.267 e. The highest BCUT2D eigenvalue weighted by atomic mass is 32.2. The predicted molar refractivity (Wildman–Crippen MR) is 126 cm³/mol. The third kappa shape index (κ3) is 4.74. The zero-order chi connectivity index (χ0) is 21.8. The Balaban J connectivity index is 2.00. The van der Waals surface area contributed by atoms with E-state index in [1.165, 1.54) is 21.1 Å². The molecule has 1 aliphatic heterocycles. The molecule has 3 rings (SSSR count). The highest BCUT2D eigenvalue weighted by molar-refractivity contribution is 8.26. The summed E-state index contributed by atoms with van der Waals surface area (Å²) in [7, 11) is 0. The van der Waals surface area contributed by atoms with Crippen LogP contribution in [0.1, 0.15) is 38.3 Å². The van der Waals surface area contributed by atoms with Gasteiger partial charge >= 0.3 is 0 Å². The predicted octanol–water partition coefficient (Wildman–Crippen LogP) is 3.45. The highest BCUT2D eigenvalue weighted by Gasteiger charge is 2.31. The van der Waals surface area contributed by atoms with Gasteiger partial charge < -0.3 is 10.1 Å². The molecule has 2 aromatic rings. The van der Waals surface area contributed by atoms with Gasteiger partial charge in [-0.2, -0.15) is 0 Å². The molecule has 0 radical (unpaired) electrons. The van der Waals surface area contributed by atoms with Gasteiger partial charge in [0.1, 0.15) is 15.8 Å². The van der Waals surface area contributed by atoms with Crippen molar-refractivity contribution in [1.82, 2.24) is 14.3 Å². The number of hydrogen-bond acceptors (Lipinski definition) is 7. The molecule has 1 N–H and O–H groups in total. The van der Waals surface area contributed by atoms with E-state index in [4.69, 9.17) is 21.9 Å². The number of thioether (sulfide) groups is 1. The molecule has 0 unspecified atom stereocenters. The lowest BCUT2D eigenvalue weighted by Crippen LogP contribution is -2.27. The lowest BCUT2D eigenvalue weighted by Gasteiger charge is -2.13. The Morgan fingerprint density at radius 3 is 2.80 bits per heavy atom. The lowest BCUT2D eigenvalue weighted by atomic mass is 10.2. The fraction of sp³-hybridized carbons (Fsp3) is 0.429. The fourth-order valence-electron chi connectivity index (χ4n) is 3.08. The number of nitrogens with zero attached hydrogens (tertiary/aromatic N) is 3. The van der Waals surface area contributed by atoms with E-state index >= 15 is 0 Å². The van der Waals surface area contributed by atoms with Crippen LogP contribution in [0.3, 0.4) is 0 Å². The maximum absolute atomic E-state index is 13.3. The molecule has 3 heterocycles. The second-order valence-electron chi connectivity index (χ2n) is 7.19.